The summed E-state index contributed by atoms with van der Waals surface area (Å²) in [5.74, 6) is -4.10. The minimum absolute atomic E-state index is 0.0595. The van der Waals surface area contributed by atoms with E-state index in [2.05, 4.69) is 0 Å². The predicted octanol–water partition coefficient (Wildman–Crippen LogP) is 4.51. The first-order valence-corrected chi connectivity index (χ1v) is 19.0. The first-order valence-electron chi connectivity index (χ1n) is 19.0. The highest BCUT2D eigenvalue weighted by Crippen LogP contribution is 2.36. The number of aliphatic hydroxyl groups excluding tert-OH is 1. The maximum atomic E-state index is 13.7. The fourth-order valence-electron chi connectivity index (χ4n) is 6.97. The van der Waals surface area contributed by atoms with Gasteiger partial charge in [-0.05, 0) is 62.4 Å². The van der Waals surface area contributed by atoms with E-state index in [1.807, 2.05) is 0 Å². The monoisotopic (exact) mass is 812 g/mol. The number of hydrogen-bond donors (Lipinski definition) is 1. The van der Waals surface area contributed by atoms with Crippen molar-refractivity contribution >= 4 is 23.9 Å². The molecule has 3 saturated heterocycles. The third-order valence-corrected chi connectivity index (χ3v) is 9.89. The molecule has 1 N–H and O–H groups in total. The third kappa shape index (κ3) is 9.86. The largest absolute Gasteiger partial charge is 0.453 e. The molecule has 0 aliphatic carbocycles. The highest BCUT2D eigenvalue weighted by Gasteiger charge is 2.56. The molecule has 4 aromatic rings. The number of aliphatic hydroxyl groups is 1. The molecule has 3 heterocycles. The number of carbonyl (C=O) groups excluding carboxylic acids is 4. The van der Waals surface area contributed by atoms with Crippen LogP contribution in [-0.4, -0.2) is 117 Å². The summed E-state index contributed by atoms with van der Waals surface area (Å²) in [5.41, 5.74) is 0.768. The summed E-state index contributed by atoms with van der Waals surface area (Å²) in [6, 6.07) is 32.5. The predicted molar refractivity (Wildman–Crippen MR) is 204 cm³/mol. The summed E-state index contributed by atoms with van der Waals surface area (Å²) in [5, 5.41) is 11.6. The summed E-state index contributed by atoms with van der Waals surface area (Å²) in [6.07, 6.45) is -13.2. The van der Waals surface area contributed by atoms with Gasteiger partial charge in [0.15, 0.2) is 42.8 Å². The molecule has 0 spiro atoms. The summed E-state index contributed by atoms with van der Waals surface area (Å²) >= 11 is 0. The number of hydrogen-bond acceptors (Lipinski definition) is 15. The SMILES string of the molecule is CO[C@@H]1O[C@@H]([C@@H](CO[C@@H]2O[C@@H]([C@H]3COC(C)(C)O3)[C@H](O)[C@H]2OC(=O)c2ccccc2)OC(=O)c2ccccc2)[C@H](OC(=O)c2ccccc2)[C@H]1OC(=O)c1ccccc1. The fourth-order valence-corrected chi connectivity index (χ4v) is 6.97. The molecule has 3 aliphatic heterocycles. The maximum absolute atomic E-state index is 13.7. The van der Waals surface area contributed by atoms with Crippen LogP contribution < -0.4 is 0 Å². The van der Waals surface area contributed by atoms with E-state index in [0.717, 1.165) is 0 Å². The zero-order valence-corrected chi connectivity index (χ0v) is 32.4. The summed E-state index contributed by atoms with van der Waals surface area (Å²) < 4.78 is 59.9. The van der Waals surface area contributed by atoms with Crippen LogP contribution in [0.2, 0.25) is 0 Å². The van der Waals surface area contributed by atoms with Crippen LogP contribution in [0.25, 0.3) is 0 Å². The van der Waals surface area contributed by atoms with Crippen LogP contribution in [0, 0.1) is 0 Å². The fraction of sp³-hybridized carbons (Fsp3) is 0.364. The number of carbonyl (C=O) groups is 4. The molecule has 3 fully saturated rings. The van der Waals surface area contributed by atoms with E-state index in [1.165, 1.54) is 31.4 Å². The van der Waals surface area contributed by atoms with Gasteiger partial charge in [0.25, 0.3) is 0 Å². The van der Waals surface area contributed by atoms with E-state index >= 15 is 0 Å². The van der Waals surface area contributed by atoms with E-state index in [1.54, 1.807) is 111 Å². The Kier molecular flexibility index (Phi) is 13.1. The van der Waals surface area contributed by atoms with Crippen molar-refractivity contribution in [2.75, 3.05) is 20.3 Å². The third-order valence-electron chi connectivity index (χ3n) is 9.89. The molecule has 0 radical (unpaired) electrons. The van der Waals surface area contributed by atoms with Crippen molar-refractivity contribution < 1.29 is 71.7 Å². The number of methoxy groups -OCH3 is 1. The van der Waals surface area contributed by atoms with E-state index in [-0.39, 0.29) is 28.9 Å². The number of benzene rings is 4. The van der Waals surface area contributed by atoms with Crippen LogP contribution in [0.3, 0.4) is 0 Å². The minimum atomic E-state index is -1.46. The number of ether oxygens (including phenoxy) is 10. The minimum Gasteiger partial charge on any atom is -0.453 e. The van der Waals surface area contributed by atoms with E-state index in [9.17, 15) is 24.3 Å². The molecular formula is C44H44O15. The van der Waals surface area contributed by atoms with Crippen molar-refractivity contribution in [3.8, 4) is 0 Å². The van der Waals surface area contributed by atoms with Crippen LogP contribution >= 0.6 is 0 Å². The zero-order valence-electron chi connectivity index (χ0n) is 32.4. The highest BCUT2D eigenvalue weighted by molar-refractivity contribution is 5.91. The van der Waals surface area contributed by atoms with Gasteiger partial charge in [-0.25, -0.2) is 19.2 Å². The van der Waals surface area contributed by atoms with Gasteiger partial charge >= 0.3 is 23.9 Å². The van der Waals surface area contributed by atoms with Gasteiger partial charge in [0, 0.05) is 7.11 Å². The molecule has 0 unspecified atom stereocenters. The molecule has 310 valence electrons. The lowest BCUT2D eigenvalue weighted by atomic mass is 10.0. The van der Waals surface area contributed by atoms with Crippen molar-refractivity contribution in [3.05, 3.63) is 144 Å². The van der Waals surface area contributed by atoms with Crippen LogP contribution in [0.4, 0.5) is 0 Å². The Morgan fingerprint density at radius 2 is 1.10 bits per heavy atom. The van der Waals surface area contributed by atoms with Crippen molar-refractivity contribution in [2.24, 2.45) is 0 Å². The second-order valence-electron chi connectivity index (χ2n) is 14.4. The van der Waals surface area contributed by atoms with Crippen LogP contribution in [0.5, 0.6) is 0 Å². The molecule has 59 heavy (non-hydrogen) atoms. The Labute approximate surface area is 339 Å². The average molecular weight is 813 g/mol. The number of rotatable bonds is 14. The van der Waals surface area contributed by atoms with Gasteiger partial charge in [-0.3, -0.25) is 0 Å². The van der Waals surface area contributed by atoms with E-state index in [4.69, 9.17) is 47.4 Å². The molecule has 3 aliphatic rings. The average Bonchev–Trinajstić information content (AvgIpc) is 3.91. The molecule has 15 nitrogen and oxygen atoms in total. The smallest absolute Gasteiger partial charge is 0.338 e. The van der Waals surface area contributed by atoms with E-state index in [0.29, 0.717) is 0 Å². The molecule has 4 aromatic carbocycles. The molecule has 10 atom stereocenters. The topological polar surface area (TPSA) is 181 Å². The molecule has 0 bridgehead atoms. The Morgan fingerprint density at radius 3 is 1.56 bits per heavy atom. The van der Waals surface area contributed by atoms with Gasteiger partial charge in [0.1, 0.15) is 24.4 Å². The van der Waals surface area contributed by atoms with Crippen molar-refractivity contribution in [2.45, 2.75) is 81.0 Å². The molecule has 0 aromatic heterocycles. The highest BCUT2D eigenvalue weighted by atomic mass is 16.8. The zero-order chi connectivity index (χ0) is 41.5. The Morgan fingerprint density at radius 1 is 0.644 bits per heavy atom. The second kappa shape index (κ2) is 18.6. The van der Waals surface area contributed by atoms with Crippen LogP contribution in [0.1, 0.15) is 55.3 Å². The molecule has 0 saturated carbocycles. The van der Waals surface area contributed by atoms with Gasteiger partial charge in [-0.1, -0.05) is 72.8 Å². The van der Waals surface area contributed by atoms with Crippen molar-refractivity contribution in [1.82, 2.24) is 0 Å². The van der Waals surface area contributed by atoms with Gasteiger partial charge in [0.2, 0.25) is 0 Å². The molecule has 7 rings (SSSR count). The summed E-state index contributed by atoms with van der Waals surface area (Å²) in [7, 11) is 1.31. The normalized spacial score (nSPS) is 27.7. The summed E-state index contributed by atoms with van der Waals surface area (Å²) in [4.78, 5) is 54.2. The van der Waals surface area contributed by atoms with Crippen LogP contribution in [-0.2, 0) is 47.4 Å². The lowest BCUT2D eigenvalue weighted by Crippen LogP contribution is -2.48. The molecule has 0 amide bonds. The van der Waals surface area contributed by atoms with Gasteiger partial charge in [-0.15, -0.1) is 0 Å². The number of esters is 4. The quantitative estimate of drug-likeness (QED) is 0.139. The molecule has 15 heteroatoms. The van der Waals surface area contributed by atoms with Crippen LogP contribution in [0.15, 0.2) is 121 Å². The van der Waals surface area contributed by atoms with E-state index < -0.39 is 97.7 Å². The first kappa shape index (κ1) is 41.6. The second-order valence-corrected chi connectivity index (χ2v) is 14.4. The summed E-state index contributed by atoms with van der Waals surface area (Å²) in [6.45, 7) is 2.93. The maximum Gasteiger partial charge on any atom is 0.338 e. The lowest BCUT2D eigenvalue weighted by molar-refractivity contribution is -0.213. The Hall–Kier alpha value is -5.52. The van der Waals surface area contributed by atoms with Gasteiger partial charge in [0.05, 0.1) is 35.5 Å². The van der Waals surface area contributed by atoms with Crippen molar-refractivity contribution in [1.29, 1.82) is 0 Å². The van der Waals surface area contributed by atoms with Gasteiger partial charge < -0.3 is 52.5 Å². The first-order chi connectivity index (χ1) is 28.5. The Balaban J connectivity index is 1.20. The Bertz CT molecular complexity index is 2030. The molecular weight excluding hydrogens is 768 g/mol. The van der Waals surface area contributed by atoms with Crippen molar-refractivity contribution in [3.63, 3.8) is 0 Å². The van der Waals surface area contributed by atoms with Gasteiger partial charge in [-0.2, -0.15) is 0 Å². The lowest BCUT2D eigenvalue weighted by Gasteiger charge is -2.30. The standard InChI is InChI=1S/C44H44O15/c1-44(2)52-25-31(59-44)33-32(45)35(54-39(47)27-18-10-5-11-19-27)43(57-33)51-24-30(53-38(46)26-16-8-4-9-17-26)34-36(55-40(48)28-20-12-6-13-21-28)37(42(50-3)58-34)56-41(49)29-22-14-7-15-23-29/h4-23,30-37,42-43,45H,24-25H2,1-3H3/t30-,31-,32+,33+,34+,35-,36+,37-,42-,43-/m1/s1.